The number of aromatic nitrogens is 5. The molecule has 0 spiro atoms. The lowest BCUT2D eigenvalue weighted by Crippen LogP contribution is -2.19. The van der Waals surface area contributed by atoms with Gasteiger partial charge in [0.2, 0.25) is 0 Å². The van der Waals surface area contributed by atoms with Crippen LogP contribution in [-0.2, 0) is 12.5 Å². The van der Waals surface area contributed by atoms with Crippen molar-refractivity contribution in [2.24, 2.45) is 7.05 Å². The molecule has 1 aliphatic carbocycles. The third-order valence-electron chi connectivity index (χ3n) is 13.9. The molecule has 12 aromatic rings. The number of para-hydroxylation sites is 2. The molecule has 0 aliphatic heterocycles. The summed E-state index contributed by atoms with van der Waals surface area (Å²) in [7, 11) is 2.23. The smallest absolute Gasteiger partial charge is 0.164 e. The first-order valence-corrected chi connectivity index (χ1v) is 22.7. The number of hydrogen-bond donors (Lipinski definition) is 0. The van der Waals surface area contributed by atoms with Gasteiger partial charge in [0.15, 0.2) is 17.5 Å². The van der Waals surface area contributed by atoms with Crippen molar-refractivity contribution < 1.29 is 0 Å². The number of fused-ring (bicyclic) bond motifs is 9. The summed E-state index contributed by atoms with van der Waals surface area (Å²) in [6, 6.07) is 73.9. The number of rotatable bonds is 6. The van der Waals surface area contributed by atoms with Crippen molar-refractivity contribution >= 4 is 43.6 Å². The molecular formula is C61H43N5. The molecule has 0 bridgehead atoms. The highest BCUT2D eigenvalue weighted by molar-refractivity contribution is 6.32. The summed E-state index contributed by atoms with van der Waals surface area (Å²) < 4.78 is 5.01. The van der Waals surface area contributed by atoms with Crippen molar-refractivity contribution in [3.05, 3.63) is 217 Å². The van der Waals surface area contributed by atoms with Gasteiger partial charge in [-0.15, -0.1) is 0 Å². The molecule has 0 N–H and O–H groups in total. The second-order valence-corrected chi connectivity index (χ2v) is 17.9. The topological polar surface area (TPSA) is 48.5 Å². The molecule has 0 radical (unpaired) electrons. The lowest BCUT2D eigenvalue weighted by Gasteiger charge is -2.27. The Bertz CT molecular complexity index is 3830. The van der Waals surface area contributed by atoms with Crippen molar-refractivity contribution in [2.75, 3.05) is 0 Å². The lowest BCUT2D eigenvalue weighted by atomic mass is 9.79. The van der Waals surface area contributed by atoms with Gasteiger partial charge in [-0.05, 0) is 51.6 Å². The van der Waals surface area contributed by atoms with E-state index in [1.54, 1.807) is 0 Å². The first-order valence-electron chi connectivity index (χ1n) is 22.7. The van der Waals surface area contributed by atoms with Gasteiger partial charge in [-0.2, -0.15) is 0 Å². The van der Waals surface area contributed by atoms with Gasteiger partial charge in [0, 0.05) is 67.3 Å². The Labute approximate surface area is 383 Å². The van der Waals surface area contributed by atoms with Crippen molar-refractivity contribution in [1.29, 1.82) is 0 Å². The van der Waals surface area contributed by atoms with E-state index in [1.807, 2.05) is 36.4 Å². The number of aryl methyl sites for hydroxylation is 1. The average Bonchev–Trinajstić information content (AvgIpc) is 3.96. The molecule has 3 aromatic heterocycles. The van der Waals surface area contributed by atoms with E-state index in [9.17, 15) is 0 Å². The molecule has 312 valence electrons. The van der Waals surface area contributed by atoms with E-state index < -0.39 is 5.41 Å². The molecule has 5 heteroatoms. The Balaban J connectivity index is 1.14. The van der Waals surface area contributed by atoms with E-state index in [0.717, 1.165) is 22.4 Å². The standard InChI is InChI=1S/C61H43N5/c1-61(2)54-42(32-20-34-46(54)60-63-58(40-26-12-6-13-27-40)62-59(64-60)41-28-14-7-15-29-41)43-33-21-37-49(55(43)61)66-48-36-19-17-31-45(48)53-50(38-22-8-4-9-23-38)56-52(44-30-16-18-35-47(44)65(56)3)51(57(53)66)39-24-10-5-11-25-39/h4-37H,1-3H3. The maximum absolute atomic E-state index is 5.27. The summed E-state index contributed by atoms with van der Waals surface area (Å²) >= 11 is 0. The largest absolute Gasteiger partial charge is 0.343 e. The quantitative estimate of drug-likeness (QED) is 0.167. The van der Waals surface area contributed by atoms with Crippen LogP contribution in [0.4, 0.5) is 0 Å². The molecular weight excluding hydrogens is 803 g/mol. The van der Waals surface area contributed by atoms with Gasteiger partial charge in [-0.3, -0.25) is 0 Å². The molecule has 0 saturated heterocycles. The van der Waals surface area contributed by atoms with E-state index in [2.05, 4.69) is 200 Å². The highest BCUT2D eigenvalue weighted by Gasteiger charge is 2.41. The Hall–Kier alpha value is -8.41. The number of hydrogen-bond acceptors (Lipinski definition) is 3. The van der Waals surface area contributed by atoms with E-state index in [0.29, 0.717) is 17.5 Å². The fraction of sp³-hybridized carbons (Fsp3) is 0.0656. The first-order chi connectivity index (χ1) is 32.5. The second kappa shape index (κ2) is 14.6. The summed E-state index contributed by atoms with van der Waals surface area (Å²) in [5.74, 6) is 1.97. The molecule has 66 heavy (non-hydrogen) atoms. The molecule has 9 aromatic carbocycles. The monoisotopic (exact) mass is 845 g/mol. The van der Waals surface area contributed by atoms with Gasteiger partial charge in [0.05, 0.1) is 22.2 Å². The van der Waals surface area contributed by atoms with Crippen molar-refractivity contribution in [3.8, 4) is 73.2 Å². The molecule has 0 saturated carbocycles. The maximum Gasteiger partial charge on any atom is 0.164 e. The molecule has 1 aliphatic rings. The van der Waals surface area contributed by atoms with Crippen LogP contribution in [-0.4, -0.2) is 24.1 Å². The van der Waals surface area contributed by atoms with Crippen LogP contribution in [0.2, 0.25) is 0 Å². The number of benzene rings is 9. The van der Waals surface area contributed by atoms with Crippen molar-refractivity contribution in [2.45, 2.75) is 19.3 Å². The molecule has 0 fully saturated rings. The summed E-state index contributed by atoms with van der Waals surface area (Å²) in [5, 5.41) is 4.95. The fourth-order valence-electron chi connectivity index (χ4n) is 11.2. The van der Waals surface area contributed by atoms with Gasteiger partial charge in [0.1, 0.15) is 0 Å². The lowest BCUT2D eigenvalue weighted by molar-refractivity contribution is 0.657. The zero-order valence-electron chi connectivity index (χ0n) is 36.9. The number of nitrogens with zero attached hydrogens (tertiary/aromatic N) is 5. The van der Waals surface area contributed by atoms with Crippen LogP contribution >= 0.6 is 0 Å². The molecule has 0 atom stereocenters. The van der Waals surface area contributed by atoms with Crippen molar-refractivity contribution in [3.63, 3.8) is 0 Å². The van der Waals surface area contributed by atoms with E-state index in [1.165, 1.54) is 88.1 Å². The average molecular weight is 846 g/mol. The van der Waals surface area contributed by atoms with Gasteiger partial charge < -0.3 is 9.13 Å². The minimum atomic E-state index is -0.472. The van der Waals surface area contributed by atoms with Gasteiger partial charge >= 0.3 is 0 Å². The SMILES string of the molecule is Cn1c2ccccc2c2c(-c3ccccc3)c3c(c(-c4ccccc4)c21)c1ccccc1n3-c1cccc2c1C(C)(C)c1c(-c3nc(-c4ccccc4)nc(-c4ccccc4)n3)cccc1-2. The van der Waals surface area contributed by atoms with E-state index in [-0.39, 0.29) is 0 Å². The molecule has 5 nitrogen and oxygen atoms in total. The van der Waals surface area contributed by atoms with Gasteiger partial charge in [-0.25, -0.2) is 15.0 Å². The van der Waals surface area contributed by atoms with Crippen LogP contribution in [0.25, 0.3) is 117 Å². The minimum absolute atomic E-state index is 0.472. The Kier molecular flexibility index (Phi) is 8.40. The molecule has 0 unspecified atom stereocenters. The van der Waals surface area contributed by atoms with Crippen LogP contribution in [0.5, 0.6) is 0 Å². The Morgan fingerprint density at radius 1 is 0.364 bits per heavy atom. The summed E-state index contributed by atoms with van der Waals surface area (Å²) in [6.45, 7) is 4.76. The van der Waals surface area contributed by atoms with Crippen LogP contribution in [0, 0.1) is 0 Å². The molecule has 13 rings (SSSR count). The summed E-state index contributed by atoms with van der Waals surface area (Å²) in [6.07, 6.45) is 0. The zero-order chi connectivity index (χ0) is 44.1. The normalized spacial score (nSPS) is 12.9. The van der Waals surface area contributed by atoms with E-state index >= 15 is 0 Å². The minimum Gasteiger partial charge on any atom is -0.343 e. The van der Waals surface area contributed by atoms with Crippen LogP contribution in [0.1, 0.15) is 25.0 Å². The summed E-state index contributed by atoms with van der Waals surface area (Å²) in [4.78, 5) is 15.6. The molecule has 0 amide bonds. The van der Waals surface area contributed by atoms with Gasteiger partial charge in [-0.1, -0.05) is 202 Å². The highest BCUT2D eigenvalue weighted by Crippen LogP contribution is 2.56. The third-order valence-corrected chi connectivity index (χ3v) is 13.9. The maximum atomic E-state index is 5.27. The van der Waals surface area contributed by atoms with Crippen LogP contribution in [0.15, 0.2) is 206 Å². The van der Waals surface area contributed by atoms with Crippen LogP contribution in [0.3, 0.4) is 0 Å². The Morgan fingerprint density at radius 2 is 0.788 bits per heavy atom. The fourth-order valence-corrected chi connectivity index (χ4v) is 11.2. The first kappa shape index (κ1) is 38.1. The predicted octanol–water partition coefficient (Wildman–Crippen LogP) is 15.3. The highest BCUT2D eigenvalue weighted by atomic mass is 15.0. The van der Waals surface area contributed by atoms with Crippen LogP contribution < -0.4 is 0 Å². The van der Waals surface area contributed by atoms with E-state index in [4.69, 9.17) is 15.0 Å². The zero-order valence-corrected chi connectivity index (χ0v) is 36.9. The van der Waals surface area contributed by atoms with Crippen molar-refractivity contribution in [1.82, 2.24) is 24.1 Å². The molecule has 3 heterocycles. The second-order valence-electron chi connectivity index (χ2n) is 17.9. The predicted molar refractivity (Wildman–Crippen MR) is 273 cm³/mol. The van der Waals surface area contributed by atoms with Gasteiger partial charge in [0.25, 0.3) is 0 Å². The third kappa shape index (κ3) is 5.50. The summed E-state index contributed by atoms with van der Waals surface area (Å²) in [5.41, 5.74) is 18.1. The Morgan fingerprint density at radius 3 is 1.38 bits per heavy atom.